The molecule has 0 fully saturated rings. The zero-order valence-electron chi connectivity index (χ0n) is 11.3. The second kappa shape index (κ2) is 8.24. The van der Waals surface area contributed by atoms with E-state index in [-0.39, 0.29) is 18.7 Å². The van der Waals surface area contributed by atoms with Crippen molar-refractivity contribution in [3.8, 4) is 6.07 Å². The number of benzene rings is 1. The number of carbonyl (C=O) groups is 2. The molecule has 1 rings (SSSR count). The summed E-state index contributed by atoms with van der Waals surface area (Å²) in [6.07, 6.45) is 0. The number of hydrogen-bond acceptors (Lipinski definition) is 4. The van der Waals surface area contributed by atoms with Crippen molar-refractivity contribution in [2.45, 2.75) is 0 Å². The number of halogens is 1. The van der Waals surface area contributed by atoms with Gasteiger partial charge in [0.2, 0.25) is 0 Å². The lowest BCUT2D eigenvalue weighted by atomic mass is 10.2. The van der Waals surface area contributed by atoms with Crippen LogP contribution in [0.25, 0.3) is 0 Å². The molecule has 0 aliphatic rings. The number of nitrogens with zero attached hydrogens (tertiary/aromatic N) is 2. The van der Waals surface area contributed by atoms with E-state index in [1.807, 2.05) is 6.07 Å². The lowest BCUT2D eigenvalue weighted by molar-refractivity contribution is -0.137. The fraction of sp³-hybridized carbons (Fsp3) is 0.308. The number of ether oxygens (including phenoxy) is 1. The Balaban J connectivity index is 2.88. The zero-order valence-corrected chi connectivity index (χ0v) is 12.9. The van der Waals surface area contributed by atoms with E-state index in [2.05, 4.69) is 21.2 Å². The van der Waals surface area contributed by atoms with Gasteiger partial charge in [-0.25, -0.2) is 4.79 Å². The van der Waals surface area contributed by atoms with E-state index in [1.165, 1.54) is 7.11 Å². The van der Waals surface area contributed by atoms with Crippen LogP contribution in [0.15, 0.2) is 22.7 Å². The largest absolute Gasteiger partial charge is 0.480 e. The molecular weight excluding hydrogens is 342 g/mol. The molecule has 0 aromatic heterocycles. The van der Waals surface area contributed by atoms with Gasteiger partial charge in [0.1, 0.15) is 12.6 Å². The first-order valence-electron chi connectivity index (χ1n) is 5.94. The van der Waals surface area contributed by atoms with Gasteiger partial charge in [0.05, 0.1) is 17.9 Å². The van der Waals surface area contributed by atoms with Crippen LogP contribution < -0.4 is 5.32 Å². The van der Waals surface area contributed by atoms with Crippen molar-refractivity contribution in [1.29, 1.82) is 5.26 Å². The van der Waals surface area contributed by atoms with Crippen molar-refractivity contribution < 1.29 is 19.4 Å². The van der Waals surface area contributed by atoms with E-state index in [1.54, 1.807) is 18.2 Å². The van der Waals surface area contributed by atoms with Gasteiger partial charge in [0.25, 0.3) is 0 Å². The fourth-order valence-corrected chi connectivity index (χ4v) is 1.89. The number of carbonyl (C=O) groups excluding carboxylic acids is 1. The van der Waals surface area contributed by atoms with E-state index in [0.29, 0.717) is 10.2 Å². The summed E-state index contributed by atoms with van der Waals surface area (Å²) in [6, 6.07) is 6.15. The Labute approximate surface area is 130 Å². The standard InChI is InChI=1S/C13H14BrN3O4/c1-21-5-4-17(8-12(18)19)13(20)16-11-6-10(14)3-2-9(11)7-15/h2-3,6H,4-5,8H2,1H3,(H,16,20)(H,18,19). The van der Waals surface area contributed by atoms with E-state index in [4.69, 9.17) is 15.1 Å². The number of urea groups is 1. The summed E-state index contributed by atoms with van der Waals surface area (Å²) >= 11 is 3.25. The van der Waals surface area contributed by atoms with Crippen molar-refractivity contribution >= 4 is 33.6 Å². The first kappa shape index (κ1) is 16.9. The van der Waals surface area contributed by atoms with Gasteiger partial charge in [0.15, 0.2) is 0 Å². The highest BCUT2D eigenvalue weighted by Crippen LogP contribution is 2.21. The quantitative estimate of drug-likeness (QED) is 0.810. The average molecular weight is 356 g/mol. The molecule has 21 heavy (non-hydrogen) atoms. The molecule has 0 radical (unpaired) electrons. The van der Waals surface area contributed by atoms with Gasteiger partial charge < -0.3 is 20.1 Å². The van der Waals surface area contributed by atoms with E-state index < -0.39 is 18.5 Å². The first-order chi connectivity index (χ1) is 9.97. The second-order valence-electron chi connectivity index (χ2n) is 4.04. The smallest absolute Gasteiger partial charge is 0.323 e. The molecule has 0 aliphatic heterocycles. The molecule has 0 bridgehead atoms. The van der Waals surface area contributed by atoms with Crippen molar-refractivity contribution in [2.24, 2.45) is 0 Å². The van der Waals surface area contributed by atoms with Crippen LogP contribution in [0, 0.1) is 11.3 Å². The van der Waals surface area contributed by atoms with Crippen LogP contribution in [0.5, 0.6) is 0 Å². The van der Waals surface area contributed by atoms with Crippen LogP contribution in [0.4, 0.5) is 10.5 Å². The fourth-order valence-electron chi connectivity index (χ4n) is 1.53. The molecule has 2 N–H and O–H groups in total. The van der Waals surface area contributed by atoms with Crippen LogP contribution in [0.1, 0.15) is 5.56 Å². The maximum absolute atomic E-state index is 12.1. The minimum absolute atomic E-state index is 0.129. The molecule has 0 heterocycles. The number of carboxylic acids is 1. The SMILES string of the molecule is COCCN(CC(=O)O)C(=O)Nc1cc(Br)ccc1C#N. The summed E-state index contributed by atoms with van der Waals surface area (Å²) in [5, 5.41) is 20.4. The van der Waals surface area contributed by atoms with Gasteiger partial charge in [-0.3, -0.25) is 4.79 Å². The lowest BCUT2D eigenvalue weighted by Crippen LogP contribution is -2.40. The van der Waals surface area contributed by atoms with Crippen LogP contribution in [0.3, 0.4) is 0 Å². The number of amides is 2. The minimum atomic E-state index is -1.13. The Kier molecular flexibility index (Phi) is 6.65. The first-order valence-corrected chi connectivity index (χ1v) is 6.73. The molecule has 8 heteroatoms. The minimum Gasteiger partial charge on any atom is -0.480 e. The number of nitriles is 1. The molecule has 0 saturated heterocycles. The summed E-state index contributed by atoms with van der Waals surface area (Å²) < 4.78 is 5.54. The maximum atomic E-state index is 12.1. The predicted molar refractivity (Wildman–Crippen MR) is 79.0 cm³/mol. The Hall–Kier alpha value is -2.11. The van der Waals surface area contributed by atoms with E-state index in [9.17, 15) is 9.59 Å². The van der Waals surface area contributed by atoms with Crippen molar-refractivity contribution in [3.05, 3.63) is 28.2 Å². The maximum Gasteiger partial charge on any atom is 0.323 e. The van der Waals surface area contributed by atoms with Gasteiger partial charge in [0, 0.05) is 18.1 Å². The zero-order chi connectivity index (χ0) is 15.8. The Bertz CT molecular complexity index is 571. The average Bonchev–Trinajstić information content (AvgIpc) is 2.43. The molecule has 2 amide bonds. The summed E-state index contributed by atoms with van der Waals surface area (Å²) in [5.41, 5.74) is 0.596. The number of nitrogens with one attached hydrogen (secondary N) is 1. The number of anilines is 1. The predicted octanol–water partition coefficient (Wildman–Crippen LogP) is 1.89. The third-order valence-electron chi connectivity index (χ3n) is 2.52. The second-order valence-corrected chi connectivity index (χ2v) is 4.96. The third-order valence-corrected chi connectivity index (χ3v) is 3.02. The van der Waals surface area contributed by atoms with Crippen LogP contribution in [-0.2, 0) is 9.53 Å². The summed E-state index contributed by atoms with van der Waals surface area (Å²) in [4.78, 5) is 24.0. The molecule has 7 nitrogen and oxygen atoms in total. The number of aliphatic carboxylic acids is 1. The molecule has 0 aliphatic carbocycles. The monoisotopic (exact) mass is 355 g/mol. The molecule has 0 spiro atoms. The van der Waals surface area contributed by atoms with Crippen molar-refractivity contribution in [1.82, 2.24) is 4.90 Å². The number of hydrogen-bond donors (Lipinski definition) is 2. The van der Waals surface area contributed by atoms with Gasteiger partial charge in [-0.15, -0.1) is 0 Å². The number of methoxy groups -OCH3 is 1. The molecule has 0 unspecified atom stereocenters. The van der Waals surface area contributed by atoms with Crippen molar-refractivity contribution in [3.63, 3.8) is 0 Å². The van der Waals surface area contributed by atoms with Crippen molar-refractivity contribution in [2.75, 3.05) is 32.1 Å². The Morgan fingerprint density at radius 2 is 2.24 bits per heavy atom. The molecular formula is C13H14BrN3O4. The highest BCUT2D eigenvalue weighted by Gasteiger charge is 2.17. The van der Waals surface area contributed by atoms with Crippen LogP contribution in [0.2, 0.25) is 0 Å². The molecule has 1 aromatic rings. The van der Waals surface area contributed by atoms with Gasteiger partial charge in [-0.05, 0) is 18.2 Å². The molecule has 1 aromatic carbocycles. The highest BCUT2D eigenvalue weighted by molar-refractivity contribution is 9.10. The Morgan fingerprint density at radius 3 is 2.81 bits per heavy atom. The molecule has 0 atom stereocenters. The van der Waals surface area contributed by atoms with E-state index in [0.717, 1.165) is 4.90 Å². The van der Waals surface area contributed by atoms with Gasteiger partial charge in [-0.1, -0.05) is 15.9 Å². The summed E-state index contributed by atoms with van der Waals surface area (Å²) in [5.74, 6) is -1.13. The van der Waals surface area contributed by atoms with E-state index >= 15 is 0 Å². The van der Waals surface area contributed by atoms with Gasteiger partial charge in [-0.2, -0.15) is 5.26 Å². The molecule has 112 valence electrons. The van der Waals surface area contributed by atoms with Crippen LogP contribution >= 0.6 is 15.9 Å². The number of carboxylic acid groups (broad SMARTS) is 1. The van der Waals surface area contributed by atoms with Crippen LogP contribution in [-0.4, -0.2) is 48.8 Å². The summed E-state index contributed by atoms with van der Waals surface area (Å²) in [7, 11) is 1.46. The lowest BCUT2D eigenvalue weighted by Gasteiger charge is -2.21. The normalized spacial score (nSPS) is 9.76. The number of rotatable bonds is 6. The molecule has 0 saturated carbocycles. The Morgan fingerprint density at radius 1 is 1.52 bits per heavy atom. The third kappa shape index (κ3) is 5.41. The van der Waals surface area contributed by atoms with Gasteiger partial charge >= 0.3 is 12.0 Å². The topological polar surface area (TPSA) is 103 Å². The highest BCUT2D eigenvalue weighted by atomic mass is 79.9. The summed E-state index contributed by atoms with van der Waals surface area (Å²) in [6.45, 7) is -0.111.